The highest BCUT2D eigenvalue weighted by atomic mass is 31.1. The Labute approximate surface area is 107 Å². The first kappa shape index (κ1) is 11.7. The SMILES string of the molecule is CC1(C)CC1P(c1ccccc1)C1CC1(C)C. The second kappa shape index (κ2) is 3.58. The molecule has 0 radical (unpaired) electrons. The molecule has 2 saturated carbocycles. The summed E-state index contributed by atoms with van der Waals surface area (Å²) in [6.07, 6.45) is 2.89. The monoisotopic (exact) mass is 246 g/mol. The third-order valence-electron chi connectivity index (χ3n) is 4.65. The summed E-state index contributed by atoms with van der Waals surface area (Å²) >= 11 is 0. The molecule has 0 saturated heterocycles. The number of benzene rings is 1. The summed E-state index contributed by atoms with van der Waals surface area (Å²) in [6.45, 7) is 9.80. The Kier molecular flexibility index (Phi) is 2.47. The van der Waals surface area contributed by atoms with Crippen LogP contribution in [0.5, 0.6) is 0 Å². The number of rotatable bonds is 3. The highest BCUT2D eigenvalue weighted by molar-refractivity contribution is 7.67. The smallest absolute Gasteiger partial charge is 0.0109 e. The van der Waals surface area contributed by atoms with Gasteiger partial charge in [0.15, 0.2) is 0 Å². The fourth-order valence-corrected chi connectivity index (χ4v) is 7.52. The average molecular weight is 246 g/mol. The van der Waals surface area contributed by atoms with E-state index in [9.17, 15) is 0 Å². The third kappa shape index (κ3) is 2.06. The van der Waals surface area contributed by atoms with Crippen LogP contribution in [0.25, 0.3) is 0 Å². The van der Waals surface area contributed by atoms with E-state index < -0.39 is 0 Å². The van der Waals surface area contributed by atoms with Crippen molar-refractivity contribution >= 4 is 13.2 Å². The molecule has 0 N–H and O–H groups in total. The van der Waals surface area contributed by atoms with Gasteiger partial charge in [-0.15, -0.1) is 0 Å². The summed E-state index contributed by atoms with van der Waals surface area (Å²) in [4.78, 5) is 0. The number of hydrogen-bond acceptors (Lipinski definition) is 0. The molecule has 0 nitrogen and oxygen atoms in total. The normalized spacial score (nSPS) is 34.1. The first-order valence-corrected chi connectivity index (χ1v) is 8.23. The minimum absolute atomic E-state index is 0.0725. The van der Waals surface area contributed by atoms with Gasteiger partial charge >= 0.3 is 0 Å². The van der Waals surface area contributed by atoms with Gasteiger partial charge in [-0.2, -0.15) is 0 Å². The van der Waals surface area contributed by atoms with Gasteiger partial charge < -0.3 is 0 Å². The molecule has 0 amide bonds. The second-order valence-electron chi connectivity index (χ2n) is 7.16. The van der Waals surface area contributed by atoms with E-state index in [0.29, 0.717) is 10.8 Å². The van der Waals surface area contributed by atoms with Crippen LogP contribution in [0.2, 0.25) is 0 Å². The molecule has 2 unspecified atom stereocenters. The maximum Gasteiger partial charge on any atom is -0.0109 e. The van der Waals surface area contributed by atoms with E-state index in [2.05, 4.69) is 58.0 Å². The van der Waals surface area contributed by atoms with Gasteiger partial charge in [0.1, 0.15) is 0 Å². The zero-order chi connectivity index (χ0) is 12.3. The third-order valence-corrected chi connectivity index (χ3v) is 8.65. The van der Waals surface area contributed by atoms with Crippen molar-refractivity contribution in [2.24, 2.45) is 10.8 Å². The van der Waals surface area contributed by atoms with Crippen LogP contribution in [-0.4, -0.2) is 11.3 Å². The Morgan fingerprint density at radius 2 is 1.29 bits per heavy atom. The van der Waals surface area contributed by atoms with Crippen molar-refractivity contribution in [1.29, 1.82) is 0 Å². The predicted molar refractivity (Wildman–Crippen MR) is 77.4 cm³/mol. The molecule has 2 aliphatic rings. The first-order chi connectivity index (χ1) is 7.92. The van der Waals surface area contributed by atoms with Gasteiger partial charge in [-0.3, -0.25) is 0 Å². The van der Waals surface area contributed by atoms with Crippen LogP contribution in [0.3, 0.4) is 0 Å². The predicted octanol–water partition coefficient (Wildman–Crippen LogP) is 4.39. The van der Waals surface area contributed by atoms with E-state index in [1.807, 2.05) is 0 Å². The minimum atomic E-state index is 0.0725. The Balaban J connectivity index is 1.89. The molecule has 0 aliphatic heterocycles. The Morgan fingerprint density at radius 1 is 0.882 bits per heavy atom. The van der Waals surface area contributed by atoms with E-state index in [-0.39, 0.29) is 7.92 Å². The Hall–Kier alpha value is -0.350. The summed E-state index contributed by atoms with van der Waals surface area (Å²) < 4.78 is 0. The van der Waals surface area contributed by atoms with Crippen LogP contribution in [0.1, 0.15) is 40.5 Å². The van der Waals surface area contributed by atoms with Crippen LogP contribution >= 0.6 is 7.92 Å². The highest BCUT2D eigenvalue weighted by Gasteiger charge is 2.59. The van der Waals surface area contributed by atoms with Crippen molar-refractivity contribution in [3.8, 4) is 0 Å². The molecule has 0 bridgehead atoms. The van der Waals surface area contributed by atoms with E-state index in [1.165, 1.54) is 12.8 Å². The van der Waals surface area contributed by atoms with Gasteiger partial charge in [-0.25, -0.2) is 0 Å². The fourth-order valence-electron chi connectivity index (χ4n) is 3.01. The van der Waals surface area contributed by atoms with Crippen LogP contribution in [0, 0.1) is 10.8 Å². The first-order valence-electron chi connectivity index (χ1n) is 6.75. The lowest BCUT2D eigenvalue weighted by molar-refractivity contribution is 0.645. The topological polar surface area (TPSA) is 0 Å². The molecule has 2 atom stereocenters. The molecule has 0 heterocycles. The molecule has 2 aliphatic carbocycles. The molecule has 0 aromatic heterocycles. The van der Waals surface area contributed by atoms with Crippen molar-refractivity contribution in [3.05, 3.63) is 30.3 Å². The maximum atomic E-state index is 2.45. The second-order valence-corrected chi connectivity index (χ2v) is 9.74. The quantitative estimate of drug-likeness (QED) is 0.694. The lowest BCUT2D eigenvalue weighted by atomic mass is 10.2. The highest BCUT2D eigenvalue weighted by Crippen LogP contribution is 2.74. The lowest BCUT2D eigenvalue weighted by Crippen LogP contribution is -2.12. The zero-order valence-corrected chi connectivity index (χ0v) is 12.3. The van der Waals surface area contributed by atoms with E-state index in [4.69, 9.17) is 0 Å². The van der Waals surface area contributed by atoms with Gasteiger partial charge in [0.05, 0.1) is 0 Å². The standard InChI is InChI=1S/C16H23P/c1-15(2)10-13(15)17(14-11-16(14,3)4)12-8-6-5-7-9-12/h5-9,13-14H,10-11H2,1-4H3. The van der Waals surface area contributed by atoms with Crippen LogP contribution < -0.4 is 5.30 Å². The maximum absolute atomic E-state index is 2.45. The molecule has 3 rings (SSSR count). The van der Waals surface area contributed by atoms with Gasteiger partial charge in [-0.1, -0.05) is 65.9 Å². The van der Waals surface area contributed by atoms with Crippen LogP contribution in [0.15, 0.2) is 30.3 Å². The number of hydrogen-bond donors (Lipinski definition) is 0. The molecule has 2 fully saturated rings. The molecular weight excluding hydrogens is 223 g/mol. The average Bonchev–Trinajstić information content (AvgIpc) is 3.07. The molecular formula is C16H23P. The molecule has 0 spiro atoms. The molecule has 92 valence electrons. The zero-order valence-electron chi connectivity index (χ0n) is 11.4. The van der Waals surface area contributed by atoms with Crippen molar-refractivity contribution in [2.75, 3.05) is 0 Å². The summed E-state index contributed by atoms with van der Waals surface area (Å²) in [5.74, 6) is 0. The molecule has 17 heavy (non-hydrogen) atoms. The van der Waals surface area contributed by atoms with E-state index >= 15 is 0 Å². The van der Waals surface area contributed by atoms with E-state index in [0.717, 1.165) is 11.3 Å². The van der Waals surface area contributed by atoms with E-state index in [1.54, 1.807) is 5.30 Å². The summed E-state index contributed by atoms with van der Waals surface area (Å²) in [6, 6.07) is 11.3. The van der Waals surface area contributed by atoms with Crippen molar-refractivity contribution in [1.82, 2.24) is 0 Å². The summed E-state index contributed by atoms with van der Waals surface area (Å²) in [7, 11) is 0.0725. The van der Waals surface area contributed by atoms with Gasteiger partial charge in [0.25, 0.3) is 0 Å². The Morgan fingerprint density at radius 3 is 1.65 bits per heavy atom. The fraction of sp³-hybridized carbons (Fsp3) is 0.625. The molecule has 1 aromatic rings. The van der Waals surface area contributed by atoms with Gasteiger partial charge in [-0.05, 0) is 40.3 Å². The lowest BCUT2D eigenvalue weighted by Gasteiger charge is -2.22. The van der Waals surface area contributed by atoms with Crippen LogP contribution in [0.4, 0.5) is 0 Å². The van der Waals surface area contributed by atoms with Crippen molar-refractivity contribution < 1.29 is 0 Å². The minimum Gasteiger partial charge on any atom is -0.0678 e. The van der Waals surface area contributed by atoms with Crippen LogP contribution in [-0.2, 0) is 0 Å². The largest absolute Gasteiger partial charge is 0.0678 e. The van der Waals surface area contributed by atoms with Crippen molar-refractivity contribution in [2.45, 2.75) is 51.9 Å². The van der Waals surface area contributed by atoms with Gasteiger partial charge in [0.2, 0.25) is 0 Å². The van der Waals surface area contributed by atoms with Gasteiger partial charge in [0, 0.05) is 0 Å². The van der Waals surface area contributed by atoms with Crippen molar-refractivity contribution in [3.63, 3.8) is 0 Å². The summed E-state index contributed by atoms with van der Waals surface area (Å²) in [5.41, 5.74) is 3.18. The summed E-state index contributed by atoms with van der Waals surface area (Å²) in [5, 5.41) is 1.65. The Bertz CT molecular complexity index is 396. The molecule has 1 aromatic carbocycles. The molecule has 1 heteroatoms.